The number of amides is 1. The van der Waals surface area contributed by atoms with Gasteiger partial charge in [0.25, 0.3) is 5.91 Å². The van der Waals surface area contributed by atoms with Crippen molar-refractivity contribution in [2.24, 2.45) is 5.92 Å². The van der Waals surface area contributed by atoms with E-state index in [2.05, 4.69) is 15.0 Å². The van der Waals surface area contributed by atoms with Gasteiger partial charge in [0, 0.05) is 55.2 Å². The van der Waals surface area contributed by atoms with Gasteiger partial charge in [-0.05, 0) is 54.8 Å². The van der Waals surface area contributed by atoms with Crippen molar-refractivity contribution in [2.75, 3.05) is 13.1 Å². The van der Waals surface area contributed by atoms with Crippen LogP contribution < -0.4 is 0 Å². The van der Waals surface area contributed by atoms with Crippen LogP contribution in [0.1, 0.15) is 65.1 Å². The lowest BCUT2D eigenvalue weighted by Gasteiger charge is -2.31. The van der Waals surface area contributed by atoms with Gasteiger partial charge in [0.15, 0.2) is 5.78 Å². The van der Waals surface area contributed by atoms with Gasteiger partial charge in [0.2, 0.25) is 0 Å². The first kappa shape index (κ1) is 23.8. The third-order valence-corrected chi connectivity index (χ3v) is 8.67. The van der Waals surface area contributed by atoms with Crippen molar-refractivity contribution in [3.05, 3.63) is 65.0 Å². The molecule has 1 fully saturated rings. The van der Waals surface area contributed by atoms with Crippen molar-refractivity contribution in [2.45, 2.75) is 44.9 Å². The Morgan fingerprint density at radius 3 is 2.69 bits per heavy atom. The number of carbonyl (C=O) groups excluding carboxylic acids is 2. The van der Waals surface area contributed by atoms with Gasteiger partial charge in [-0.15, -0.1) is 22.7 Å². The second kappa shape index (κ2) is 11.2. The molecule has 0 atom stereocenters. The number of unbranched alkanes of at least 4 members (excludes halogenated alkanes) is 2. The molecule has 0 unspecified atom stereocenters. The van der Waals surface area contributed by atoms with Crippen molar-refractivity contribution < 1.29 is 9.59 Å². The minimum absolute atomic E-state index is 0.0328. The van der Waals surface area contributed by atoms with Crippen molar-refractivity contribution in [1.29, 1.82) is 0 Å². The summed E-state index contributed by atoms with van der Waals surface area (Å²) in [6.07, 6.45) is 14.1. The van der Waals surface area contributed by atoms with Gasteiger partial charge < -0.3 is 4.90 Å². The third kappa shape index (κ3) is 5.82. The highest BCUT2D eigenvalue weighted by atomic mass is 32.1. The number of carbonyl (C=O) groups is 2. The van der Waals surface area contributed by atoms with Crippen LogP contribution in [0.4, 0.5) is 0 Å². The van der Waals surface area contributed by atoms with Crippen molar-refractivity contribution in [3.63, 3.8) is 0 Å². The molecule has 180 valence electrons. The molecule has 1 aliphatic heterocycles. The lowest BCUT2D eigenvalue weighted by molar-refractivity contribution is 0.0680. The number of thiazole rings is 1. The standard InChI is InChI=1S/C27H28N4O2S2/c32-23(24-15-20-8-12-29-17-25(20)35-24)7-3-1-2-5-19-9-13-31(14-10-19)27(33)22-18-34-26(30-22)21-6-4-11-28-16-21/h4,6,8,11-12,15-19H,1-3,5,7,9-10,13-14H2. The van der Waals surface area contributed by atoms with Crippen LogP contribution in [0, 0.1) is 5.92 Å². The van der Waals surface area contributed by atoms with E-state index >= 15 is 0 Å². The Morgan fingerprint density at radius 2 is 1.89 bits per heavy atom. The van der Waals surface area contributed by atoms with Crippen LogP contribution in [0.25, 0.3) is 20.7 Å². The maximum absolute atomic E-state index is 12.9. The van der Waals surface area contributed by atoms with E-state index < -0.39 is 0 Å². The quantitative estimate of drug-likeness (QED) is 0.192. The average Bonchev–Trinajstić information content (AvgIpc) is 3.57. The average molecular weight is 505 g/mol. The number of Topliss-reactive ketones (excluding diaryl/α,β-unsaturated/α-hetero) is 1. The van der Waals surface area contributed by atoms with E-state index in [0.29, 0.717) is 18.0 Å². The second-order valence-electron chi connectivity index (χ2n) is 9.06. The van der Waals surface area contributed by atoms with Crippen LogP contribution in [-0.2, 0) is 0 Å². The first-order valence-corrected chi connectivity index (χ1v) is 13.9. The van der Waals surface area contributed by atoms with E-state index in [1.54, 1.807) is 29.9 Å². The summed E-state index contributed by atoms with van der Waals surface area (Å²) in [5.41, 5.74) is 1.48. The summed E-state index contributed by atoms with van der Waals surface area (Å²) >= 11 is 3.03. The van der Waals surface area contributed by atoms with Crippen LogP contribution in [0.15, 0.2) is 54.4 Å². The highest BCUT2D eigenvalue weighted by Gasteiger charge is 2.25. The van der Waals surface area contributed by atoms with E-state index in [4.69, 9.17) is 0 Å². The molecular formula is C27H28N4O2S2. The van der Waals surface area contributed by atoms with E-state index in [-0.39, 0.29) is 11.7 Å². The first-order valence-electron chi connectivity index (χ1n) is 12.2. The zero-order valence-electron chi connectivity index (χ0n) is 19.6. The monoisotopic (exact) mass is 504 g/mol. The number of pyridine rings is 2. The Kier molecular flexibility index (Phi) is 7.59. The number of nitrogens with zero attached hydrogens (tertiary/aromatic N) is 4. The molecule has 4 aromatic heterocycles. The number of hydrogen-bond acceptors (Lipinski definition) is 7. The van der Waals surface area contributed by atoms with Gasteiger partial charge in [-0.3, -0.25) is 19.6 Å². The van der Waals surface area contributed by atoms with Crippen LogP contribution >= 0.6 is 22.7 Å². The van der Waals surface area contributed by atoms with Crippen LogP contribution in [0.2, 0.25) is 0 Å². The van der Waals surface area contributed by atoms with Gasteiger partial charge in [-0.2, -0.15) is 0 Å². The minimum Gasteiger partial charge on any atom is -0.337 e. The van der Waals surface area contributed by atoms with Gasteiger partial charge in [-0.25, -0.2) is 4.98 Å². The van der Waals surface area contributed by atoms with Crippen LogP contribution in [0.5, 0.6) is 0 Å². The Hall–Kier alpha value is -2.97. The second-order valence-corrected chi connectivity index (χ2v) is 11.0. The molecule has 5 rings (SSSR count). The van der Waals surface area contributed by atoms with Crippen molar-refractivity contribution in [1.82, 2.24) is 19.9 Å². The number of fused-ring (bicyclic) bond motifs is 1. The number of piperidine rings is 1. The van der Waals surface area contributed by atoms with Gasteiger partial charge in [0.05, 0.1) is 9.58 Å². The lowest BCUT2D eigenvalue weighted by Crippen LogP contribution is -2.38. The smallest absolute Gasteiger partial charge is 0.273 e. The fraction of sp³-hybridized carbons (Fsp3) is 0.370. The number of ketones is 1. The molecule has 0 aliphatic carbocycles. The minimum atomic E-state index is 0.0328. The number of hydrogen-bond donors (Lipinski definition) is 0. The fourth-order valence-electron chi connectivity index (χ4n) is 4.62. The number of likely N-dealkylation sites (tertiary alicyclic amines) is 1. The maximum Gasteiger partial charge on any atom is 0.273 e. The molecular weight excluding hydrogens is 476 g/mol. The number of thiophene rings is 1. The molecule has 0 saturated carbocycles. The summed E-state index contributed by atoms with van der Waals surface area (Å²) in [4.78, 5) is 41.0. The molecule has 1 aliphatic rings. The van der Waals surface area contributed by atoms with E-state index in [1.165, 1.54) is 17.8 Å². The molecule has 8 heteroatoms. The summed E-state index contributed by atoms with van der Waals surface area (Å²) in [6.45, 7) is 1.59. The first-order chi connectivity index (χ1) is 17.2. The largest absolute Gasteiger partial charge is 0.337 e. The summed E-state index contributed by atoms with van der Waals surface area (Å²) in [5, 5.41) is 3.79. The maximum atomic E-state index is 12.9. The molecule has 0 aromatic carbocycles. The summed E-state index contributed by atoms with van der Waals surface area (Å²) in [5.74, 6) is 0.934. The zero-order valence-corrected chi connectivity index (χ0v) is 21.2. The third-order valence-electron chi connectivity index (χ3n) is 6.65. The molecule has 6 nitrogen and oxygen atoms in total. The molecule has 35 heavy (non-hydrogen) atoms. The highest BCUT2D eigenvalue weighted by Crippen LogP contribution is 2.28. The molecule has 1 saturated heterocycles. The highest BCUT2D eigenvalue weighted by molar-refractivity contribution is 7.20. The predicted molar refractivity (Wildman–Crippen MR) is 141 cm³/mol. The normalized spacial score (nSPS) is 14.5. The molecule has 0 radical (unpaired) electrons. The topological polar surface area (TPSA) is 76.1 Å². The molecule has 0 bridgehead atoms. The Bertz CT molecular complexity index is 1260. The molecule has 1 amide bonds. The van der Waals surface area contributed by atoms with Gasteiger partial charge in [-0.1, -0.05) is 19.3 Å². The van der Waals surface area contributed by atoms with Gasteiger partial charge >= 0.3 is 0 Å². The molecule has 5 heterocycles. The summed E-state index contributed by atoms with van der Waals surface area (Å²) < 4.78 is 1.07. The zero-order chi connectivity index (χ0) is 24.0. The number of aromatic nitrogens is 3. The van der Waals surface area contributed by atoms with Crippen LogP contribution in [-0.4, -0.2) is 44.6 Å². The molecule has 0 N–H and O–H groups in total. The van der Waals surface area contributed by atoms with E-state index in [0.717, 1.165) is 70.7 Å². The lowest BCUT2D eigenvalue weighted by atomic mass is 9.91. The number of rotatable bonds is 9. The van der Waals surface area contributed by atoms with Crippen molar-refractivity contribution >= 4 is 44.5 Å². The fourth-order valence-corrected chi connectivity index (χ4v) is 6.40. The van der Waals surface area contributed by atoms with E-state index in [9.17, 15) is 9.59 Å². The molecule has 0 spiro atoms. The van der Waals surface area contributed by atoms with Crippen molar-refractivity contribution in [3.8, 4) is 10.6 Å². The summed E-state index contributed by atoms with van der Waals surface area (Å²) in [6, 6.07) is 7.79. The van der Waals surface area contributed by atoms with Crippen LogP contribution in [0.3, 0.4) is 0 Å². The Labute approximate surface area is 213 Å². The Balaban J connectivity index is 1.01. The molecule has 4 aromatic rings. The van der Waals surface area contributed by atoms with E-state index in [1.807, 2.05) is 40.7 Å². The SMILES string of the molecule is O=C(CCCCCC1CCN(C(=O)c2csc(-c3cccnc3)n2)CC1)c1cc2ccncc2s1. The summed E-state index contributed by atoms with van der Waals surface area (Å²) in [7, 11) is 0. The Morgan fingerprint density at radius 1 is 1.03 bits per heavy atom. The van der Waals surface area contributed by atoms with Gasteiger partial charge in [0.1, 0.15) is 10.7 Å². The predicted octanol–water partition coefficient (Wildman–Crippen LogP) is 6.50.